The molecule has 0 saturated carbocycles. The van der Waals surface area contributed by atoms with E-state index in [4.69, 9.17) is 0 Å². The lowest BCUT2D eigenvalue weighted by molar-refractivity contribution is 1.36. The zero-order chi connectivity index (χ0) is 33.2. The number of rotatable bonds is 2. The van der Waals surface area contributed by atoms with E-state index in [0.29, 0.717) is 0 Å². The fourth-order valence-corrected chi connectivity index (χ4v) is 11.2. The van der Waals surface area contributed by atoms with Gasteiger partial charge in [-0.15, -0.1) is 22.7 Å². The van der Waals surface area contributed by atoms with Gasteiger partial charge in [-0.3, -0.25) is 0 Å². The lowest BCUT2D eigenvalue weighted by Crippen LogP contribution is -1.86. The third-order valence-electron chi connectivity index (χ3n) is 10.9. The minimum atomic E-state index is 1.23. The summed E-state index contributed by atoms with van der Waals surface area (Å²) in [5.41, 5.74) is 8.75. The van der Waals surface area contributed by atoms with Crippen molar-refractivity contribution in [2.45, 2.75) is 0 Å². The maximum Gasteiger partial charge on any atom is 0.0619 e. The van der Waals surface area contributed by atoms with Crippen molar-refractivity contribution in [1.29, 1.82) is 0 Å². The molecule has 0 amide bonds. The van der Waals surface area contributed by atoms with Gasteiger partial charge in [0.2, 0.25) is 0 Å². The number of para-hydroxylation sites is 1. The van der Waals surface area contributed by atoms with Gasteiger partial charge in [-0.2, -0.15) is 0 Å². The summed E-state index contributed by atoms with van der Waals surface area (Å²) in [6.07, 6.45) is 0. The summed E-state index contributed by atoms with van der Waals surface area (Å²) in [7, 11) is 0. The van der Waals surface area contributed by atoms with Crippen LogP contribution in [-0.4, -0.2) is 4.40 Å². The summed E-state index contributed by atoms with van der Waals surface area (Å²) in [4.78, 5) is 0. The molecule has 4 heterocycles. The maximum atomic E-state index is 2.55. The Morgan fingerprint density at radius 2 is 0.941 bits per heavy atom. The molecule has 0 radical (unpaired) electrons. The van der Waals surface area contributed by atoms with Crippen LogP contribution in [0.1, 0.15) is 0 Å². The highest BCUT2D eigenvalue weighted by Gasteiger charge is 2.19. The van der Waals surface area contributed by atoms with Gasteiger partial charge in [0.25, 0.3) is 0 Å². The van der Waals surface area contributed by atoms with Crippen molar-refractivity contribution in [3.63, 3.8) is 0 Å². The van der Waals surface area contributed by atoms with Crippen LogP contribution >= 0.6 is 22.7 Å². The van der Waals surface area contributed by atoms with Crippen molar-refractivity contribution in [2.24, 2.45) is 0 Å². The number of hydrogen-bond acceptors (Lipinski definition) is 2. The zero-order valence-electron chi connectivity index (χ0n) is 27.4. The van der Waals surface area contributed by atoms with Gasteiger partial charge in [-0.1, -0.05) is 121 Å². The summed E-state index contributed by atoms with van der Waals surface area (Å²) >= 11 is 3.79. The van der Waals surface area contributed by atoms with E-state index in [1.807, 2.05) is 22.7 Å². The van der Waals surface area contributed by atoms with Crippen molar-refractivity contribution in [3.05, 3.63) is 164 Å². The third-order valence-corrected chi connectivity index (χ3v) is 13.3. The molecule has 0 atom stereocenters. The molecule has 3 heteroatoms. The fourth-order valence-electron chi connectivity index (χ4n) is 8.77. The summed E-state index contributed by atoms with van der Waals surface area (Å²) in [6.45, 7) is 0. The number of nitrogens with zero attached hydrogens (tertiary/aromatic N) is 1. The Morgan fingerprint density at radius 3 is 1.84 bits per heavy atom. The molecule has 0 N–H and O–H groups in total. The van der Waals surface area contributed by atoms with Gasteiger partial charge in [0.1, 0.15) is 0 Å². The smallest absolute Gasteiger partial charge is 0.0619 e. The molecule has 4 aromatic heterocycles. The van der Waals surface area contributed by atoms with E-state index in [9.17, 15) is 0 Å². The predicted octanol–water partition coefficient (Wildman–Crippen LogP) is 14.6. The van der Waals surface area contributed by atoms with Crippen LogP contribution in [0, 0.1) is 0 Å². The second-order valence-electron chi connectivity index (χ2n) is 13.6. The summed E-state index contributed by atoms with van der Waals surface area (Å²) < 4.78 is 7.89. The van der Waals surface area contributed by atoms with Crippen molar-refractivity contribution in [2.75, 3.05) is 0 Å². The fraction of sp³-hybridized carbons (Fsp3) is 0. The molecule has 236 valence electrons. The van der Waals surface area contributed by atoms with Crippen LogP contribution in [0.4, 0.5) is 0 Å². The third kappa shape index (κ3) is 3.80. The highest BCUT2D eigenvalue weighted by molar-refractivity contribution is 7.26. The minimum absolute atomic E-state index is 1.23. The molecule has 0 fully saturated rings. The molecule has 51 heavy (non-hydrogen) atoms. The topological polar surface area (TPSA) is 4.41 Å². The molecule has 1 nitrogen and oxygen atoms in total. The molecule has 0 unspecified atom stereocenters. The molecule has 12 aromatic rings. The second-order valence-corrected chi connectivity index (χ2v) is 15.7. The van der Waals surface area contributed by atoms with Gasteiger partial charge in [0, 0.05) is 56.5 Å². The van der Waals surface area contributed by atoms with Crippen LogP contribution < -0.4 is 0 Å². The van der Waals surface area contributed by atoms with Crippen LogP contribution in [0.2, 0.25) is 0 Å². The number of aromatic nitrogens is 1. The normalized spacial score (nSPS) is 12.3. The van der Waals surface area contributed by atoms with Gasteiger partial charge >= 0.3 is 0 Å². The Hall–Kier alpha value is -6.00. The Labute approximate surface area is 300 Å². The molecule has 12 rings (SSSR count). The second kappa shape index (κ2) is 10.3. The first kappa shape index (κ1) is 27.8. The Morgan fingerprint density at radius 1 is 0.333 bits per heavy atom. The minimum Gasteiger partial charge on any atom is -0.308 e. The van der Waals surface area contributed by atoms with Gasteiger partial charge in [0.15, 0.2) is 0 Å². The van der Waals surface area contributed by atoms with Crippen LogP contribution in [0.25, 0.3) is 111 Å². The van der Waals surface area contributed by atoms with Gasteiger partial charge < -0.3 is 4.40 Å². The van der Waals surface area contributed by atoms with Crippen LogP contribution in [0.15, 0.2) is 164 Å². The lowest BCUT2D eigenvalue weighted by Gasteiger charge is -2.08. The first-order valence-electron chi connectivity index (χ1n) is 17.4. The molecule has 0 saturated heterocycles. The quantitative estimate of drug-likeness (QED) is 0.171. The van der Waals surface area contributed by atoms with Crippen molar-refractivity contribution in [1.82, 2.24) is 4.40 Å². The van der Waals surface area contributed by atoms with Gasteiger partial charge in [0.05, 0.1) is 16.6 Å². The lowest BCUT2D eigenvalue weighted by atomic mass is 9.97. The molecular formula is C48H27NS2. The summed E-state index contributed by atoms with van der Waals surface area (Å²) in [5, 5.41) is 13.0. The van der Waals surface area contributed by atoms with Crippen molar-refractivity contribution in [3.8, 4) is 22.3 Å². The number of thiophene rings is 2. The van der Waals surface area contributed by atoms with E-state index >= 15 is 0 Å². The molecule has 0 aliphatic heterocycles. The van der Waals surface area contributed by atoms with Crippen LogP contribution in [0.5, 0.6) is 0 Å². The Kier molecular flexibility index (Phi) is 5.59. The maximum absolute atomic E-state index is 2.55. The van der Waals surface area contributed by atoms with E-state index < -0.39 is 0 Å². The van der Waals surface area contributed by atoms with E-state index in [1.54, 1.807) is 0 Å². The first-order chi connectivity index (χ1) is 25.3. The van der Waals surface area contributed by atoms with E-state index in [2.05, 4.69) is 168 Å². The number of hydrogen-bond donors (Lipinski definition) is 0. The largest absolute Gasteiger partial charge is 0.308 e. The zero-order valence-corrected chi connectivity index (χ0v) is 29.0. The number of benzene rings is 8. The molecule has 0 aliphatic carbocycles. The average molecular weight is 682 g/mol. The van der Waals surface area contributed by atoms with E-state index in [1.165, 1.54) is 111 Å². The highest BCUT2D eigenvalue weighted by atomic mass is 32.1. The molecule has 0 bridgehead atoms. The standard InChI is InChI=1S/C48H27NS2/c1-2-13-33-32(12-1)35-16-8-22-43-45(35)46-41(20-9-23-44(46)50-43)49-40-25-24-29(27-39(40)37-18-7-17-36(33)47(37)49)28-10-5-11-30(26-28)31-15-6-19-38-34-14-3-4-21-42(34)51-48(31)38/h1-27H. The first-order valence-corrected chi connectivity index (χ1v) is 19.1. The van der Waals surface area contributed by atoms with Crippen molar-refractivity contribution < 1.29 is 0 Å². The monoisotopic (exact) mass is 681 g/mol. The Balaban J connectivity index is 1.17. The predicted molar refractivity (Wildman–Crippen MR) is 224 cm³/mol. The Bertz CT molecular complexity index is 3430. The van der Waals surface area contributed by atoms with Crippen LogP contribution in [-0.2, 0) is 0 Å². The highest BCUT2D eigenvalue weighted by Crippen LogP contribution is 2.45. The average Bonchev–Trinajstić information content (AvgIpc) is 3.88. The van der Waals surface area contributed by atoms with E-state index in [0.717, 1.165) is 0 Å². The SMILES string of the molecule is c1cc(-c2ccc3c(c2)c2cccc4c5ccccc5c5cccc6sc7cccc(c7c65)n3c42)cc(-c2cccc3c2sc2ccccc23)c1. The molecular weight excluding hydrogens is 655 g/mol. The van der Waals surface area contributed by atoms with Gasteiger partial charge in [-0.25, -0.2) is 0 Å². The summed E-state index contributed by atoms with van der Waals surface area (Å²) in [5.74, 6) is 0. The summed E-state index contributed by atoms with van der Waals surface area (Å²) in [6, 6.07) is 61.2. The van der Waals surface area contributed by atoms with Gasteiger partial charge in [-0.05, 0) is 80.9 Å². The molecule has 0 aliphatic rings. The van der Waals surface area contributed by atoms with Crippen molar-refractivity contribution >= 4 is 112 Å². The molecule has 8 aromatic carbocycles. The number of fused-ring (bicyclic) bond motifs is 10. The molecule has 0 spiro atoms. The van der Waals surface area contributed by atoms with E-state index in [-0.39, 0.29) is 0 Å². The van der Waals surface area contributed by atoms with Crippen LogP contribution in [0.3, 0.4) is 0 Å².